The highest BCUT2D eigenvalue weighted by atomic mass is 79.9. The van der Waals surface area contributed by atoms with Crippen molar-refractivity contribution < 1.29 is 37.2 Å². The second-order valence-electron chi connectivity index (χ2n) is 5.11. The van der Waals surface area contributed by atoms with Crippen molar-refractivity contribution in [2.24, 2.45) is 0 Å². The van der Waals surface area contributed by atoms with Crippen LogP contribution in [0.15, 0.2) is 45.3 Å². The van der Waals surface area contributed by atoms with E-state index in [-0.39, 0.29) is 18.8 Å². The molecule has 0 aliphatic heterocycles. The SMILES string of the molecule is COc1ccc(Br)cc1O.COc1ccc(Br)cc1OCCCOC(F)(F)F. The van der Waals surface area contributed by atoms with E-state index >= 15 is 0 Å². The van der Waals surface area contributed by atoms with Crippen LogP contribution in [0.4, 0.5) is 13.2 Å². The Labute approximate surface area is 177 Å². The third kappa shape index (κ3) is 9.52. The molecule has 0 radical (unpaired) electrons. The van der Waals surface area contributed by atoms with Gasteiger partial charge in [-0.3, -0.25) is 4.74 Å². The molecule has 0 bridgehead atoms. The zero-order valence-electron chi connectivity index (χ0n) is 15.1. The van der Waals surface area contributed by atoms with Gasteiger partial charge in [-0.2, -0.15) is 0 Å². The monoisotopic (exact) mass is 530 g/mol. The van der Waals surface area contributed by atoms with Gasteiger partial charge < -0.3 is 19.3 Å². The molecule has 28 heavy (non-hydrogen) atoms. The molecule has 0 fully saturated rings. The molecule has 0 saturated heterocycles. The van der Waals surface area contributed by atoms with Gasteiger partial charge in [0.15, 0.2) is 23.0 Å². The van der Waals surface area contributed by atoms with Gasteiger partial charge in [-0.25, -0.2) is 0 Å². The molecule has 0 saturated carbocycles. The number of aromatic hydroxyl groups is 1. The minimum Gasteiger partial charge on any atom is -0.504 e. The number of phenolic OH excluding ortho intramolecular Hbond substituents is 1. The summed E-state index contributed by atoms with van der Waals surface area (Å²) in [7, 11) is 3.01. The Morgan fingerprint density at radius 3 is 1.96 bits per heavy atom. The molecule has 5 nitrogen and oxygen atoms in total. The summed E-state index contributed by atoms with van der Waals surface area (Å²) < 4.78 is 55.5. The molecule has 156 valence electrons. The van der Waals surface area contributed by atoms with Crippen molar-refractivity contribution in [1.82, 2.24) is 0 Å². The van der Waals surface area contributed by atoms with E-state index in [9.17, 15) is 13.2 Å². The van der Waals surface area contributed by atoms with Gasteiger partial charge in [-0.1, -0.05) is 31.9 Å². The predicted molar refractivity (Wildman–Crippen MR) is 105 cm³/mol. The lowest BCUT2D eigenvalue weighted by Crippen LogP contribution is -2.15. The fourth-order valence-corrected chi connectivity index (χ4v) is 2.54. The fourth-order valence-electron chi connectivity index (χ4n) is 1.86. The number of rotatable bonds is 7. The number of methoxy groups -OCH3 is 2. The number of alkyl halides is 3. The number of halogens is 5. The third-order valence-corrected chi connectivity index (χ3v) is 4.07. The Bertz CT molecular complexity index is 742. The molecular formula is C18H19Br2F3O5. The molecule has 0 aliphatic rings. The van der Waals surface area contributed by atoms with E-state index in [1.54, 1.807) is 36.4 Å². The lowest BCUT2D eigenvalue weighted by molar-refractivity contribution is -0.324. The highest BCUT2D eigenvalue weighted by Gasteiger charge is 2.28. The minimum absolute atomic E-state index is 0.114. The maximum atomic E-state index is 11.7. The van der Waals surface area contributed by atoms with Crippen LogP contribution in [0.5, 0.6) is 23.0 Å². The summed E-state index contributed by atoms with van der Waals surface area (Å²) in [6, 6.07) is 10.2. The maximum absolute atomic E-state index is 11.7. The number of ether oxygens (including phenoxy) is 4. The summed E-state index contributed by atoms with van der Waals surface area (Å²) in [5.41, 5.74) is 0. The van der Waals surface area contributed by atoms with Crippen molar-refractivity contribution in [2.45, 2.75) is 12.8 Å². The van der Waals surface area contributed by atoms with Crippen molar-refractivity contribution in [1.29, 1.82) is 0 Å². The Morgan fingerprint density at radius 1 is 0.857 bits per heavy atom. The van der Waals surface area contributed by atoms with E-state index in [1.807, 2.05) is 0 Å². The van der Waals surface area contributed by atoms with Crippen molar-refractivity contribution in [3.63, 3.8) is 0 Å². The molecule has 2 aromatic carbocycles. The Balaban J connectivity index is 0.000000330. The molecule has 0 spiro atoms. The smallest absolute Gasteiger partial charge is 0.504 e. The third-order valence-electron chi connectivity index (χ3n) is 3.08. The molecule has 0 unspecified atom stereocenters. The molecule has 2 aromatic rings. The highest BCUT2D eigenvalue weighted by Crippen LogP contribution is 2.30. The molecule has 10 heteroatoms. The molecule has 0 amide bonds. The van der Waals surface area contributed by atoms with Gasteiger partial charge in [-0.05, 0) is 36.4 Å². The largest absolute Gasteiger partial charge is 0.522 e. The van der Waals surface area contributed by atoms with Gasteiger partial charge in [0, 0.05) is 15.4 Å². The van der Waals surface area contributed by atoms with E-state index in [2.05, 4.69) is 36.6 Å². The summed E-state index contributed by atoms with van der Waals surface area (Å²) in [5, 5.41) is 9.14. The van der Waals surface area contributed by atoms with Crippen LogP contribution in [0.25, 0.3) is 0 Å². The van der Waals surface area contributed by atoms with Crippen molar-refractivity contribution in [2.75, 3.05) is 27.4 Å². The first kappa shape index (κ1) is 24.4. The van der Waals surface area contributed by atoms with Gasteiger partial charge in [-0.15, -0.1) is 13.2 Å². The summed E-state index contributed by atoms with van der Waals surface area (Å²) in [6.07, 6.45) is -4.46. The zero-order valence-corrected chi connectivity index (χ0v) is 18.2. The van der Waals surface area contributed by atoms with Crippen LogP contribution >= 0.6 is 31.9 Å². The van der Waals surface area contributed by atoms with Gasteiger partial charge >= 0.3 is 6.36 Å². The molecule has 0 atom stereocenters. The number of hydrogen-bond acceptors (Lipinski definition) is 5. The van der Waals surface area contributed by atoms with Crippen LogP contribution in [0.1, 0.15) is 6.42 Å². The molecule has 2 rings (SSSR count). The van der Waals surface area contributed by atoms with E-state index < -0.39 is 13.0 Å². The standard InChI is InChI=1S/C11H12BrF3O3.C7H7BrO2/c1-16-9-4-3-8(12)7-10(9)17-5-2-6-18-11(13,14)15;1-10-7-3-2-5(8)4-6(7)9/h3-4,7H,2,5-6H2,1H3;2-4,9H,1H3. The van der Waals surface area contributed by atoms with Gasteiger partial charge in [0.25, 0.3) is 0 Å². The molecule has 0 aromatic heterocycles. The average Bonchev–Trinajstić information content (AvgIpc) is 2.61. The van der Waals surface area contributed by atoms with E-state index in [0.29, 0.717) is 17.2 Å². The summed E-state index contributed by atoms with van der Waals surface area (Å²) >= 11 is 6.48. The number of hydrogen-bond donors (Lipinski definition) is 1. The molecule has 0 heterocycles. The highest BCUT2D eigenvalue weighted by molar-refractivity contribution is 9.10. The topological polar surface area (TPSA) is 57.2 Å². The number of benzene rings is 2. The molecular weight excluding hydrogens is 513 g/mol. The summed E-state index contributed by atoms with van der Waals surface area (Å²) in [5.74, 6) is 1.63. The lowest BCUT2D eigenvalue weighted by Gasteiger charge is -2.11. The van der Waals surface area contributed by atoms with E-state index in [0.717, 1.165) is 8.95 Å². The first-order chi connectivity index (χ1) is 13.2. The summed E-state index contributed by atoms with van der Waals surface area (Å²) in [6.45, 7) is -0.317. The van der Waals surface area contributed by atoms with E-state index in [1.165, 1.54) is 14.2 Å². The Morgan fingerprint density at radius 2 is 1.43 bits per heavy atom. The zero-order chi connectivity index (χ0) is 21.2. The number of phenols is 1. The maximum Gasteiger partial charge on any atom is 0.522 e. The van der Waals surface area contributed by atoms with Crippen LogP contribution in [0.3, 0.4) is 0 Å². The van der Waals surface area contributed by atoms with Gasteiger partial charge in [0.1, 0.15) is 0 Å². The molecule has 0 aliphatic carbocycles. The normalized spacial score (nSPS) is 10.7. The first-order valence-corrected chi connectivity index (χ1v) is 9.44. The van der Waals surface area contributed by atoms with Gasteiger partial charge in [0.2, 0.25) is 0 Å². The van der Waals surface area contributed by atoms with Crippen molar-refractivity contribution in [3.05, 3.63) is 45.3 Å². The minimum atomic E-state index is -4.59. The molecule has 1 N–H and O–H groups in total. The quantitative estimate of drug-likeness (QED) is 0.449. The van der Waals surface area contributed by atoms with Crippen LogP contribution < -0.4 is 14.2 Å². The summed E-state index contributed by atoms with van der Waals surface area (Å²) in [4.78, 5) is 0. The van der Waals surface area contributed by atoms with E-state index in [4.69, 9.17) is 19.3 Å². The Kier molecular flexibility index (Phi) is 10.5. The Hall–Kier alpha value is -1.65. The van der Waals surface area contributed by atoms with Crippen LogP contribution in [-0.4, -0.2) is 38.9 Å². The van der Waals surface area contributed by atoms with Crippen molar-refractivity contribution >= 4 is 31.9 Å². The van der Waals surface area contributed by atoms with Gasteiger partial charge in [0.05, 0.1) is 27.4 Å². The fraction of sp³-hybridized carbons (Fsp3) is 0.333. The second kappa shape index (κ2) is 12.0. The second-order valence-corrected chi connectivity index (χ2v) is 6.94. The first-order valence-electron chi connectivity index (χ1n) is 7.85. The van der Waals surface area contributed by atoms with Crippen LogP contribution in [0.2, 0.25) is 0 Å². The van der Waals surface area contributed by atoms with Crippen molar-refractivity contribution in [3.8, 4) is 23.0 Å². The average molecular weight is 532 g/mol. The van der Waals surface area contributed by atoms with Crippen LogP contribution in [-0.2, 0) is 4.74 Å². The predicted octanol–water partition coefficient (Wildman–Crippen LogP) is 5.93. The van der Waals surface area contributed by atoms with Crippen LogP contribution in [0, 0.1) is 0 Å². The lowest BCUT2D eigenvalue weighted by atomic mass is 10.3.